The molecule has 0 aliphatic heterocycles. The lowest BCUT2D eigenvalue weighted by molar-refractivity contribution is -0.137. The van der Waals surface area contributed by atoms with Crippen molar-refractivity contribution in [3.05, 3.63) is 71.0 Å². The normalized spacial score (nSPS) is 12.2. The molecule has 0 aromatic heterocycles. The van der Waals surface area contributed by atoms with Crippen LogP contribution in [0.4, 0.5) is 22.4 Å². The highest BCUT2D eigenvalue weighted by atomic mass is 19.4. The van der Waals surface area contributed by atoms with Gasteiger partial charge in [-0.15, -0.1) is 0 Å². The van der Waals surface area contributed by atoms with Crippen molar-refractivity contribution in [2.45, 2.75) is 44.9 Å². The van der Waals surface area contributed by atoms with Gasteiger partial charge in [0.05, 0.1) is 5.56 Å². The summed E-state index contributed by atoms with van der Waals surface area (Å²) in [6.45, 7) is 2.28. The van der Waals surface area contributed by atoms with Crippen molar-refractivity contribution in [3.8, 4) is 0 Å². The van der Waals surface area contributed by atoms with Crippen LogP contribution in [0.5, 0.6) is 0 Å². The Morgan fingerprint density at radius 3 is 2.13 bits per heavy atom. The first-order valence-electron chi connectivity index (χ1n) is 9.91. The van der Waals surface area contributed by atoms with Gasteiger partial charge in [-0.05, 0) is 48.2 Å². The van der Waals surface area contributed by atoms with Crippen LogP contribution < -0.4 is 16.0 Å². The molecule has 3 N–H and O–H groups in total. The van der Waals surface area contributed by atoms with E-state index in [0.29, 0.717) is 30.4 Å². The average Bonchev–Trinajstić information content (AvgIpc) is 2.72. The summed E-state index contributed by atoms with van der Waals surface area (Å²) in [6, 6.07) is 9.16. The van der Waals surface area contributed by atoms with Gasteiger partial charge in [-0.1, -0.05) is 37.6 Å². The lowest BCUT2D eigenvalue weighted by Crippen LogP contribution is -2.50. The maximum Gasteiger partial charge on any atom is 0.416 e. The molecule has 0 radical (unpaired) electrons. The summed E-state index contributed by atoms with van der Waals surface area (Å²) in [5.41, 5.74) is 0.647. The number of halogens is 4. The topological polar surface area (TPSA) is 70.2 Å². The third kappa shape index (κ3) is 8.27. The van der Waals surface area contributed by atoms with Gasteiger partial charge in [-0.3, -0.25) is 4.79 Å². The number of alkyl halides is 3. The second-order valence-corrected chi connectivity index (χ2v) is 7.03. The summed E-state index contributed by atoms with van der Waals surface area (Å²) >= 11 is 0. The van der Waals surface area contributed by atoms with Crippen molar-refractivity contribution in [2.24, 2.45) is 0 Å². The molecule has 2 aromatic rings. The molecule has 9 heteroatoms. The van der Waals surface area contributed by atoms with E-state index < -0.39 is 23.8 Å². The van der Waals surface area contributed by atoms with Crippen LogP contribution in [0.1, 0.15) is 36.5 Å². The molecular formula is C22H25F4N3O2. The molecule has 1 atom stereocenters. The SMILES string of the molecule is CCCC(NC(=O)NCc1ccc(F)cc1)C(=O)NCCc1ccc(C(F)(F)F)cc1. The zero-order chi connectivity index (χ0) is 22.9. The zero-order valence-electron chi connectivity index (χ0n) is 17.1. The number of carbonyl (C=O) groups excluding carboxylic acids is 2. The number of benzene rings is 2. The number of hydrogen-bond acceptors (Lipinski definition) is 2. The maximum absolute atomic E-state index is 12.9. The summed E-state index contributed by atoms with van der Waals surface area (Å²) in [5, 5.41) is 7.93. The van der Waals surface area contributed by atoms with Gasteiger partial charge in [-0.2, -0.15) is 13.2 Å². The number of rotatable bonds is 9. The van der Waals surface area contributed by atoms with Crippen LogP contribution in [0.3, 0.4) is 0 Å². The van der Waals surface area contributed by atoms with Crippen LogP contribution >= 0.6 is 0 Å². The van der Waals surface area contributed by atoms with Crippen LogP contribution in [0, 0.1) is 5.82 Å². The number of nitrogens with one attached hydrogen (secondary N) is 3. The number of carbonyl (C=O) groups is 2. The average molecular weight is 439 g/mol. The Morgan fingerprint density at radius 1 is 0.935 bits per heavy atom. The molecule has 168 valence electrons. The second-order valence-electron chi connectivity index (χ2n) is 7.03. The minimum absolute atomic E-state index is 0.181. The predicted molar refractivity (Wildman–Crippen MR) is 109 cm³/mol. The highest BCUT2D eigenvalue weighted by molar-refractivity contribution is 5.86. The molecule has 0 saturated carbocycles. The standard InChI is InChI=1S/C22H25F4N3O2/c1-2-3-19(29-21(31)28-14-16-6-10-18(23)11-7-16)20(30)27-13-12-15-4-8-17(9-5-15)22(24,25)26/h4-11,19H,2-3,12-14H2,1H3,(H,27,30)(H2,28,29,31). The minimum atomic E-state index is -4.39. The molecule has 31 heavy (non-hydrogen) atoms. The Labute approximate surface area is 178 Å². The van der Waals surface area contributed by atoms with Crippen molar-refractivity contribution < 1.29 is 27.2 Å². The summed E-state index contributed by atoms with van der Waals surface area (Å²) < 4.78 is 50.7. The Hall–Kier alpha value is -3.10. The molecule has 0 bridgehead atoms. The molecule has 2 aromatic carbocycles. The summed E-state index contributed by atoms with van der Waals surface area (Å²) in [6.07, 6.45) is -2.94. The van der Waals surface area contributed by atoms with Crippen molar-refractivity contribution in [1.82, 2.24) is 16.0 Å². The third-order valence-electron chi connectivity index (χ3n) is 4.56. The molecule has 0 heterocycles. The Morgan fingerprint density at radius 2 is 1.55 bits per heavy atom. The molecule has 1 unspecified atom stereocenters. The highest BCUT2D eigenvalue weighted by Crippen LogP contribution is 2.29. The van der Waals surface area contributed by atoms with Crippen LogP contribution in [-0.2, 0) is 23.9 Å². The van der Waals surface area contributed by atoms with Crippen LogP contribution in [0.15, 0.2) is 48.5 Å². The van der Waals surface area contributed by atoms with E-state index in [1.54, 1.807) is 12.1 Å². The van der Waals surface area contributed by atoms with E-state index in [4.69, 9.17) is 0 Å². The first-order chi connectivity index (χ1) is 14.7. The summed E-state index contributed by atoms with van der Waals surface area (Å²) in [5.74, 6) is -0.741. The van der Waals surface area contributed by atoms with Gasteiger partial charge in [0.15, 0.2) is 0 Å². The van der Waals surface area contributed by atoms with Gasteiger partial charge < -0.3 is 16.0 Å². The molecule has 0 fully saturated rings. The monoisotopic (exact) mass is 439 g/mol. The van der Waals surface area contributed by atoms with E-state index in [0.717, 1.165) is 12.1 Å². The molecule has 0 spiro atoms. The van der Waals surface area contributed by atoms with E-state index in [-0.39, 0.29) is 24.8 Å². The fourth-order valence-electron chi connectivity index (χ4n) is 2.86. The quantitative estimate of drug-likeness (QED) is 0.514. The van der Waals surface area contributed by atoms with Crippen LogP contribution in [-0.4, -0.2) is 24.5 Å². The van der Waals surface area contributed by atoms with E-state index >= 15 is 0 Å². The number of amides is 3. The van der Waals surface area contributed by atoms with Crippen molar-refractivity contribution in [3.63, 3.8) is 0 Å². The van der Waals surface area contributed by atoms with E-state index in [1.165, 1.54) is 24.3 Å². The van der Waals surface area contributed by atoms with Gasteiger partial charge in [0.2, 0.25) is 5.91 Å². The van der Waals surface area contributed by atoms with E-state index in [9.17, 15) is 27.2 Å². The Balaban J connectivity index is 1.79. The first-order valence-corrected chi connectivity index (χ1v) is 9.91. The van der Waals surface area contributed by atoms with Crippen molar-refractivity contribution >= 4 is 11.9 Å². The van der Waals surface area contributed by atoms with Gasteiger partial charge in [0, 0.05) is 13.1 Å². The van der Waals surface area contributed by atoms with Gasteiger partial charge in [0.25, 0.3) is 0 Å². The van der Waals surface area contributed by atoms with Crippen LogP contribution in [0.25, 0.3) is 0 Å². The lowest BCUT2D eigenvalue weighted by Gasteiger charge is -2.18. The molecule has 2 rings (SSSR count). The largest absolute Gasteiger partial charge is 0.416 e. The fourth-order valence-corrected chi connectivity index (χ4v) is 2.86. The van der Waals surface area contributed by atoms with Gasteiger partial charge in [0.1, 0.15) is 11.9 Å². The molecule has 0 aliphatic carbocycles. The molecule has 0 aliphatic rings. The molecular weight excluding hydrogens is 414 g/mol. The summed E-state index contributed by atoms with van der Waals surface area (Å²) in [4.78, 5) is 24.5. The predicted octanol–water partition coefficient (Wildman–Crippen LogP) is 4.17. The highest BCUT2D eigenvalue weighted by Gasteiger charge is 2.29. The van der Waals surface area contributed by atoms with E-state index in [2.05, 4.69) is 16.0 Å². The fraction of sp³-hybridized carbons (Fsp3) is 0.364. The van der Waals surface area contributed by atoms with E-state index in [1.807, 2.05) is 6.92 Å². The maximum atomic E-state index is 12.9. The molecule has 0 saturated heterocycles. The van der Waals surface area contributed by atoms with Crippen molar-refractivity contribution in [2.75, 3.05) is 6.54 Å². The number of hydrogen-bond donors (Lipinski definition) is 3. The third-order valence-corrected chi connectivity index (χ3v) is 4.56. The lowest BCUT2D eigenvalue weighted by atomic mass is 10.1. The van der Waals surface area contributed by atoms with Gasteiger partial charge in [-0.25, -0.2) is 9.18 Å². The Bertz CT molecular complexity index is 853. The van der Waals surface area contributed by atoms with Crippen molar-refractivity contribution in [1.29, 1.82) is 0 Å². The summed E-state index contributed by atoms with van der Waals surface area (Å²) in [7, 11) is 0. The second kappa shape index (κ2) is 11.3. The zero-order valence-corrected chi connectivity index (χ0v) is 17.1. The molecule has 3 amide bonds. The first kappa shape index (κ1) is 24.2. The Kier molecular flexibility index (Phi) is 8.84. The molecule has 5 nitrogen and oxygen atoms in total. The van der Waals surface area contributed by atoms with Crippen LogP contribution in [0.2, 0.25) is 0 Å². The smallest absolute Gasteiger partial charge is 0.354 e. The minimum Gasteiger partial charge on any atom is -0.354 e. The van der Waals surface area contributed by atoms with Gasteiger partial charge >= 0.3 is 12.2 Å². The number of urea groups is 1.